The summed E-state index contributed by atoms with van der Waals surface area (Å²) >= 11 is 0. The Hall–Kier alpha value is -2.67. The fourth-order valence-electron chi connectivity index (χ4n) is 2.08. The number of rotatable bonds is 6. The minimum Gasteiger partial charge on any atom is -0.445 e. The molecule has 24 heavy (non-hydrogen) atoms. The van der Waals surface area contributed by atoms with Gasteiger partial charge in [-0.05, 0) is 30.5 Å². The lowest BCUT2D eigenvalue weighted by Gasteiger charge is -2.15. The number of benzene rings is 1. The number of carbonyl (C=O) groups excluding carboxylic acids is 2. The number of nitrogens with one attached hydrogen (secondary N) is 2. The minimum absolute atomic E-state index is 0.00788. The lowest BCUT2D eigenvalue weighted by atomic mass is 10.1. The summed E-state index contributed by atoms with van der Waals surface area (Å²) in [7, 11) is 0. The quantitative estimate of drug-likeness (QED) is 0.746. The summed E-state index contributed by atoms with van der Waals surface area (Å²) in [5.74, 6) is -0.181. The standard InChI is InChI=1S/C17H22N4O3/c1-10(2)15(18)16(23)20-9-14(22)21-12-5-4-11(3)13(8-12)17-19-6-7-24-17/h4-8,10,15H,9,18H2,1-3H3,(H,20,23)(H,21,22)/t15-/m0/s1. The summed E-state index contributed by atoms with van der Waals surface area (Å²) in [6, 6.07) is 4.79. The zero-order chi connectivity index (χ0) is 17.7. The maximum absolute atomic E-state index is 12.0. The van der Waals surface area contributed by atoms with Gasteiger partial charge in [-0.15, -0.1) is 0 Å². The van der Waals surface area contributed by atoms with Crippen LogP contribution in [0.1, 0.15) is 19.4 Å². The van der Waals surface area contributed by atoms with E-state index in [1.165, 1.54) is 6.26 Å². The van der Waals surface area contributed by atoms with Gasteiger partial charge in [0.2, 0.25) is 17.7 Å². The lowest BCUT2D eigenvalue weighted by Crippen LogP contribution is -2.46. The zero-order valence-corrected chi connectivity index (χ0v) is 14.0. The van der Waals surface area contributed by atoms with Crippen LogP contribution in [0.25, 0.3) is 11.5 Å². The molecule has 0 aliphatic rings. The normalized spacial score (nSPS) is 12.0. The van der Waals surface area contributed by atoms with E-state index >= 15 is 0 Å². The summed E-state index contributed by atoms with van der Waals surface area (Å²) in [6.07, 6.45) is 3.06. The molecular weight excluding hydrogens is 308 g/mol. The molecule has 2 rings (SSSR count). The molecule has 1 heterocycles. The van der Waals surface area contributed by atoms with E-state index in [1.54, 1.807) is 18.3 Å². The van der Waals surface area contributed by atoms with Gasteiger partial charge in [-0.1, -0.05) is 19.9 Å². The first-order valence-corrected chi connectivity index (χ1v) is 7.72. The Balaban J connectivity index is 1.97. The predicted molar refractivity (Wildman–Crippen MR) is 91.1 cm³/mol. The van der Waals surface area contributed by atoms with Gasteiger partial charge in [0, 0.05) is 11.3 Å². The third kappa shape index (κ3) is 4.42. The van der Waals surface area contributed by atoms with Gasteiger partial charge in [-0.2, -0.15) is 0 Å². The summed E-state index contributed by atoms with van der Waals surface area (Å²) in [4.78, 5) is 27.9. The molecule has 1 atom stereocenters. The van der Waals surface area contributed by atoms with E-state index in [0.29, 0.717) is 11.6 Å². The zero-order valence-electron chi connectivity index (χ0n) is 14.0. The van der Waals surface area contributed by atoms with Gasteiger partial charge in [0.15, 0.2) is 0 Å². The summed E-state index contributed by atoms with van der Waals surface area (Å²) < 4.78 is 5.29. The Labute approximate surface area is 140 Å². The molecule has 1 aromatic heterocycles. The van der Waals surface area contributed by atoms with E-state index in [9.17, 15) is 9.59 Å². The second kappa shape index (κ2) is 7.74. The summed E-state index contributed by atoms with van der Waals surface area (Å²) in [5.41, 5.74) is 8.10. The Bertz CT molecular complexity index is 711. The van der Waals surface area contributed by atoms with Crippen molar-refractivity contribution in [2.45, 2.75) is 26.8 Å². The molecule has 0 aliphatic heterocycles. The fourth-order valence-corrected chi connectivity index (χ4v) is 2.08. The summed E-state index contributed by atoms with van der Waals surface area (Å²) in [6.45, 7) is 5.49. The van der Waals surface area contributed by atoms with E-state index < -0.39 is 6.04 Å². The van der Waals surface area contributed by atoms with Crippen LogP contribution in [-0.2, 0) is 9.59 Å². The van der Waals surface area contributed by atoms with Gasteiger partial charge < -0.3 is 20.8 Å². The second-order valence-electron chi connectivity index (χ2n) is 5.90. The number of carbonyl (C=O) groups is 2. The van der Waals surface area contributed by atoms with Crippen LogP contribution < -0.4 is 16.4 Å². The van der Waals surface area contributed by atoms with Crippen LogP contribution in [0, 0.1) is 12.8 Å². The first-order valence-electron chi connectivity index (χ1n) is 7.72. The molecule has 0 bridgehead atoms. The first kappa shape index (κ1) is 17.7. The Kier molecular flexibility index (Phi) is 5.70. The van der Waals surface area contributed by atoms with Crippen LogP contribution in [0.3, 0.4) is 0 Å². The number of amides is 2. The van der Waals surface area contributed by atoms with Crippen molar-refractivity contribution in [2.75, 3.05) is 11.9 Å². The van der Waals surface area contributed by atoms with Crippen molar-refractivity contribution in [3.63, 3.8) is 0 Å². The van der Waals surface area contributed by atoms with Gasteiger partial charge in [0.05, 0.1) is 18.8 Å². The Morgan fingerprint density at radius 2 is 2.08 bits per heavy atom. The highest BCUT2D eigenvalue weighted by Crippen LogP contribution is 2.25. The molecule has 128 valence electrons. The molecule has 7 heteroatoms. The number of aromatic nitrogens is 1. The third-order valence-corrected chi connectivity index (χ3v) is 3.63. The van der Waals surface area contributed by atoms with Crippen molar-refractivity contribution < 1.29 is 14.0 Å². The van der Waals surface area contributed by atoms with Gasteiger partial charge in [-0.25, -0.2) is 4.98 Å². The smallest absolute Gasteiger partial charge is 0.243 e. The van der Waals surface area contributed by atoms with Crippen LogP contribution in [0.4, 0.5) is 5.69 Å². The number of hydrogen-bond donors (Lipinski definition) is 3. The minimum atomic E-state index is -0.631. The van der Waals surface area contributed by atoms with Gasteiger partial charge in [0.1, 0.15) is 6.26 Å². The number of oxazole rings is 1. The van der Waals surface area contributed by atoms with Crippen molar-refractivity contribution in [2.24, 2.45) is 11.7 Å². The maximum atomic E-state index is 12.0. The lowest BCUT2D eigenvalue weighted by molar-refractivity contribution is -0.125. The van der Waals surface area contributed by atoms with Crippen LogP contribution in [-0.4, -0.2) is 29.4 Å². The molecule has 0 saturated heterocycles. The first-order chi connectivity index (χ1) is 11.4. The molecule has 2 aromatic rings. The van der Waals surface area contributed by atoms with Gasteiger partial charge in [0.25, 0.3) is 0 Å². The largest absolute Gasteiger partial charge is 0.445 e. The van der Waals surface area contributed by atoms with Crippen molar-refractivity contribution in [1.29, 1.82) is 0 Å². The molecule has 7 nitrogen and oxygen atoms in total. The number of hydrogen-bond acceptors (Lipinski definition) is 5. The van der Waals surface area contributed by atoms with E-state index in [2.05, 4.69) is 15.6 Å². The molecule has 0 aliphatic carbocycles. The fraction of sp³-hybridized carbons (Fsp3) is 0.353. The highest BCUT2D eigenvalue weighted by molar-refractivity contribution is 5.95. The number of aryl methyl sites for hydroxylation is 1. The number of anilines is 1. The second-order valence-corrected chi connectivity index (χ2v) is 5.90. The van der Waals surface area contributed by atoms with E-state index in [1.807, 2.05) is 26.8 Å². The van der Waals surface area contributed by atoms with Crippen molar-refractivity contribution in [1.82, 2.24) is 10.3 Å². The molecule has 0 fully saturated rings. The molecule has 0 radical (unpaired) electrons. The van der Waals surface area contributed by atoms with E-state index in [4.69, 9.17) is 10.2 Å². The molecule has 0 spiro atoms. The average Bonchev–Trinajstić information content (AvgIpc) is 3.07. The van der Waals surface area contributed by atoms with Crippen LogP contribution in [0.2, 0.25) is 0 Å². The Morgan fingerprint density at radius 1 is 1.33 bits per heavy atom. The topological polar surface area (TPSA) is 110 Å². The summed E-state index contributed by atoms with van der Waals surface area (Å²) in [5, 5.41) is 5.26. The SMILES string of the molecule is Cc1ccc(NC(=O)CNC(=O)[C@@H](N)C(C)C)cc1-c1ncco1. The molecule has 0 unspecified atom stereocenters. The predicted octanol–water partition coefficient (Wildman–Crippen LogP) is 1.69. The van der Waals surface area contributed by atoms with Crippen LogP contribution >= 0.6 is 0 Å². The number of nitrogens with two attached hydrogens (primary N) is 1. The molecule has 0 saturated carbocycles. The van der Waals surface area contributed by atoms with Crippen LogP contribution in [0.5, 0.6) is 0 Å². The highest BCUT2D eigenvalue weighted by atomic mass is 16.3. The molecule has 2 amide bonds. The Morgan fingerprint density at radius 3 is 2.71 bits per heavy atom. The van der Waals surface area contributed by atoms with Gasteiger partial charge in [-0.3, -0.25) is 9.59 Å². The van der Waals surface area contributed by atoms with Crippen LogP contribution in [0.15, 0.2) is 35.1 Å². The third-order valence-electron chi connectivity index (χ3n) is 3.63. The molecular formula is C17H22N4O3. The number of nitrogens with zero attached hydrogens (tertiary/aromatic N) is 1. The highest BCUT2D eigenvalue weighted by Gasteiger charge is 2.17. The van der Waals surface area contributed by atoms with E-state index in [0.717, 1.165) is 11.1 Å². The maximum Gasteiger partial charge on any atom is 0.243 e. The van der Waals surface area contributed by atoms with E-state index in [-0.39, 0.29) is 24.3 Å². The monoisotopic (exact) mass is 330 g/mol. The molecule has 1 aromatic carbocycles. The van der Waals surface area contributed by atoms with Crippen molar-refractivity contribution in [3.8, 4) is 11.5 Å². The van der Waals surface area contributed by atoms with Crippen molar-refractivity contribution in [3.05, 3.63) is 36.2 Å². The molecule has 4 N–H and O–H groups in total. The van der Waals surface area contributed by atoms with Crippen molar-refractivity contribution >= 4 is 17.5 Å². The van der Waals surface area contributed by atoms with Gasteiger partial charge >= 0.3 is 0 Å². The average molecular weight is 330 g/mol.